The predicted octanol–water partition coefficient (Wildman–Crippen LogP) is 2.42. The molecule has 88 valence electrons. The van der Waals surface area contributed by atoms with Crippen molar-refractivity contribution in [1.82, 2.24) is 4.90 Å². The number of likely N-dealkylation sites (N-methyl/N-ethyl adjacent to an activating group) is 1. The average Bonchev–Trinajstić information content (AvgIpc) is 2.13. The van der Waals surface area contributed by atoms with Crippen LogP contribution >= 0.6 is 12.2 Å². The van der Waals surface area contributed by atoms with E-state index in [1.165, 1.54) is 19.3 Å². The first-order valence-corrected chi connectivity index (χ1v) is 6.33. The summed E-state index contributed by atoms with van der Waals surface area (Å²) in [5.41, 5.74) is 5.70. The van der Waals surface area contributed by atoms with Gasteiger partial charge in [0.15, 0.2) is 0 Å². The van der Waals surface area contributed by atoms with E-state index >= 15 is 0 Å². The lowest BCUT2D eigenvalue weighted by atomic mass is 9.79. The summed E-state index contributed by atoms with van der Waals surface area (Å²) in [5.74, 6) is 1.67. The van der Waals surface area contributed by atoms with Gasteiger partial charge in [0, 0.05) is 6.04 Å². The fraction of sp³-hybridized carbons (Fsp3) is 0.917. The van der Waals surface area contributed by atoms with E-state index < -0.39 is 0 Å². The molecule has 0 heterocycles. The molecule has 2 N–H and O–H groups in total. The van der Waals surface area contributed by atoms with Crippen LogP contribution in [0.15, 0.2) is 0 Å². The molecule has 1 aliphatic carbocycles. The van der Waals surface area contributed by atoms with Crippen molar-refractivity contribution in [1.29, 1.82) is 0 Å². The molecule has 2 nitrogen and oxygen atoms in total. The minimum atomic E-state index is 0.225. The number of hydrogen-bond acceptors (Lipinski definition) is 2. The topological polar surface area (TPSA) is 29.3 Å². The SMILES string of the molecule is CC1CC(C)CC(N(C)C(C)C(N)=S)C1. The minimum Gasteiger partial charge on any atom is -0.392 e. The van der Waals surface area contributed by atoms with E-state index in [0.29, 0.717) is 11.0 Å². The fourth-order valence-corrected chi connectivity index (χ4v) is 2.92. The molecule has 0 amide bonds. The molecule has 1 saturated carbocycles. The van der Waals surface area contributed by atoms with Gasteiger partial charge in [-0.05, 0) is 45.1 Å². The molecule has 3 unspecified atom stereocenters. The molecular formula is C12H24N2S. The molecule has 1 aliphatic rings. The summed E-state index contributed by atoms with van der Waals surface area (Å²) in [6.45, 7) is 6.80. The maximum atomic E-state index is 5.70. The zero-order chi connectivity index (χ0) is 11.6. The Kier molecular flexibility index (Phi) is 4.53. The number of nitrogens with zero attached hydrogens (tertiary/aromatic N) is 1. The third-order valence-corrected chi connectivity index (χ3v) is 4.09. The molecular weight excluding hydrogens is 204 g/mol. The molecule has 1 rings (SSSR count). The van der Waals surface area contributed by atoms with Gasteiger partial charge in [-0.25, -0.2) is 0 Å². The van der Waals surface area contributed by atoms with E-state index in [9.17, 15) is 0 Å². The van der Waals surface area contributed by atoms with Crippen molar-refractivity contribution in [3.8, 4) is 0 Å². The maximum absolute atomic E-state index is 5.70. The number of nitrogens with two attached hydrogens (primary N) is 1. The van der Waals surface area contributed by atoms with Crippen LogP contribution in [0.3, 0.4) is 0 Å². The minimum absolute atomic E-state index is 0.225. The van der Waals surface area contributed by atoms with Gasteiger partial charge < -0.3 is 5.73 Å². The van der Waals surface area contributed by atoms with Gasteiger partial charge in [0.1, 0.15) is 0 Å². The molecule has 1 fully saturated rings. The third kappa shape index (κ3) is 3.42. The Morgan fingerprint density at radius 3 is 2.13 bits per heavy atom. The van der Waals surface area contributed by atoms with E-state index in [2.05, 4.69) is 32.7 Å². The highest BCUT2D eigenvalue weighted by Crippen LogP contribution is 2.31. The highest BCUT2D eigenvalue weighted by Gasteiger charge is 2.29. The second-order valence-electron chi connectivity index (χ2n) is 5.32. The zero-order valence-corrected chi connectivity index (χ0v) is 11.2. The monoisotopic (exact) mass is 228 g/mol. The van der Waals surface area contributed by atoms with E-state index in [1.807, 2.05) is 0 Å². The molecule has 0 aromatic rings. The van der Waals surface area contributed by atoms with Crippen molar-refractivity contribution in [3.05, 3.63) is 0 Å². The largest absolute Gasteiger partial charge is 0.392 e. The lowest BCUT2D eigenvalue weighted by molar-refractivity contribution is 0.123. The van der Waals surface area contributed by atoms with Gasteiger partial charge in [0.25, 0.3) is 0 Å². The second-order valence-corrected chi connectivity index (χ2v) is 5.79. The first-order valence-electron chi connectivity index (χ1n) is 5.93. The van der Waals surface area contributed by atoms with Gasteiger partial charge in [-0.1, -0.05) is 26.1 Å². The zero-order valence-electron chi connectivity index (χ0n) is 10.4. The van der Waals surface area contributed by atoms with Crippen LogP contribution in [0, 0.1) is 11.8 Å². The molecule has 3 heteroatoms. The van der Waals surface area contributed by atoms with Gasteiger partial charge in [0.05, 0.1) is 11.0 Å². The highest BCUT2D eigenvalue weighted by atomic mass is 32.1. The number of rotatable bonds is 3. The summed E-state index contributed by atoms with van der Waals surface area (Å²) >= 11 is 5.06. The van der Waals surface area contributed by atoms with Gasteiger partial charge in [-0.15, -0.1) is 0 Å². The van der Waals surface area contributed by atoms with Crippen LogP contribution in [0.1, 0.15) is 40.0 Å². The molecule has 0 spiro atoms. The molecule has 3 atom stereocenters. The van der Waals surface area contributed by atoms with Crippen molar-refractivity contribution < 1.29 is 0 Å². The van der Waals surface area contributed by atoms with Crippen molar-refractivity contribution in [2.24, 2.45) is 17.6 Å². The van der Waals surface area contributed by atoms with E-state index in [0.717, 1.165) is 11.8 Å². The summed E-state index contributed by atoms with van der Waals surface area (Å²) in [7, 11) is 2.15. The quantitative estimate of drug-likeness (QED) is 0.752. The van der Waals surface area contributed by atoms with Crippen LogP contribution in [0.5, 0.6) is 0 Å². The van der Waals surface area contributed by atoms with Gasteiger partial charge in [0.2, 0.25) is 0 Å². The molecule has 0 saturated heterocycles. The van der Waals surface area contributed by atoms with E-state index in [4.69, 9.17) is 18.0 Å². The van der Waals surface area contributed by atoms with E-state index in [-0.39, 0.29) is 6.04 Å². The first-order chi connectivity index (χ1) is 6.91. The predicted molar refractivity (Wildman–Crippen MR) is 70.0 cm³/mol. The average molecular weight is 228 g/mol. The van der Waals surface area contributed by atoms with Gasteiger partial charge in [-0.3, -0.25) is 4.90 Å². The van der Waals surface area contributed by atoms with Gasteiger partial charge >= 0.3 is 0 Å². The van der Waals surface area contributed by atoms with Crippen LogP contribution in [0.2, 0.25) is 0 Å². The molecule has 0 aliphatic heterocycles. The Morgan fingerprint density at radius 2 is 1.73 bits per heavy atom. The Bertz CT molecular complexity index is 220. The van der Waals surface area contributed by atoms with Crippen LogP contribution in [-0.4, -0.2) is 29.0 Å². The molecule has 15 heavy (non-hydrogen) atoms. The lowest BCUT2D eigenvalue weighted by Gasteiger charge is -2.39. The normalized spacial score (nSPS) is 34.1. The number of hydrogen-bond donors (Lipinski definition) is 1. The van der Waals surface area contributed by atoms with Crippen molar-refractivity contribution >= 4 is 17.2 Å². The summed E-state index contributed by atoms with van der Waals surface area (Å²) < 4.78 is 0. The van der Waals surface area contributed by atoms with Crippen molar-refractivity contribution in [2.45, 2.75) is 52.1 Å². The highest BCUT2D eigenvalue weighted by molar-refractivity contribution is 7.80. The Hall–Kier alpha value is -0.150. The summed E-state index contributed by atoms with van der Waals surface area (Å²) in [6, 6.07) is 0.878. The Labute approximate surface area is 99.2 Å². The Balaban J connectivity index is 2.58. The van der Waals surface area contributed by atoms with Crippen LogP contribution in [-0.2, 0) is 0 Å². The first kappa shape index (κ1) is 12.9. The van der Waals surface area contributed by atoms with Crippen LogP contribution in [0.4, 0.5) is 0 Å². The maximum Gasteiger partial charge on any atom is 0.0899 e. The fourth-order valence-electron chi connectivity index (χ4n) is 2.75. The molecule has 0 aromatic carbocycles. The molecule has 0 radical (unpaired) electrons. The van der Waals surface area contributed by atoms with Crippen LogP contribution in [0.25, 0.3) is 0 Å². The van der Waals surface area contributed by atoms with Gasteiger partial charge in [-0.2, -0.15) is 0 Å². The molecule has 0 bridgehead atoms. The van der Waals surface area contributed by atoms with Crippen LogP contribution < -0.4 is 5.73 Å². The lowest BCUT2D eigenvalue weighted by Crippen LogP contribution is -2.47. The molecule has 0 aromatic heterocycles. The van der Waals surface area contributed by atoms with E-state index in [1.54, 1.807) is 0 Å². The standard InChI is InChI=1S/C12H24N2S/c1-8-5-9(2)7-11(6-8)14(4)10(3)12(13)15/h8-11H,5-7H2,1-4H3,(H2,13,15). The number of thiocarbonyl (C=S) groups is 1. The van der Waals surface area contributed by atoms with Crippen molar-refractivity contribution in [3.63, 3.8) is 0 Å². The summed E-state index contributed by atoms with van der Waals surface area (Å²) in [6.07, 6.45) is 3.94. The van der Waals surface area contributed by atoms with Crippen molar-refractivity contribution in [2.75, 3.05) is 7.05 Å². The smallest absolute Gasteiger partial charge is 0.0899 e. The third-order valence-electron chi connectivity index (χ3n) is 3.75. The second kappa shape index (κ2) is 5.26. The summed E-state index contributed by atoms with van der Waals surface area (Å²) in [4.78, 5) is 2.97. The summed E-state index contributed by atoms with van der Waals surface area (Å²) in [5, 5.41) is 0. The Morgan fingerprint density at radius 1 is 1.27 bits per heavy atom.